The quantitative estimate of drug-likeness (QED) is 0.795. The number of nitrogens with one attached hydrogen (secondary N) is 2. The molecule has 0 radical (unpaired) electrons. The fraction of sp³-hybridized carbons (Fsp3) is 0.364. The van der Waals surface area contributed by atoms with Crippen LogP contribution in [-0.2, 0) is 0 Å². The van der Waals surface area contributed by atoms with Crippen LogP contribution in [0, 0.1) is 0 Å². The lowest BCUT2D eigenvalue weighted by atomic mass is 10.2. The van der Waals surface area contributed by atoms with E-state index in [9.17, 15) is 4.79 Å². The van der Waals surface area contributed by atoms with Crippen LogP contribution in [0.1, 0.15) is 0 Å². The van der Waals surface area contributed by atoms with Crippen molar-refractivity contribution in [3.05, 3.63) is 18.2 Å². The molecule has 0 aliphatic heterocycles. The van der Waals surface area contributed by atoms with Crippen molar-refractivity contribution < 1.29 is 14.3 Å². The smallest absolute Gasteiger partial charge is 0.319 e. The van der Waals surface area contributed by atoms with Crippen molar-refractivity contribution in [3.8, 4) is 11.5 Å². The van der Waals surface area contributed by atoms with Gasteiger partial charge in [0.2, 0.25) is 0 Å². The van der Waals surface area contributed by atoms with Crippen LogP contribution in [0.15, 0.2) is 18.2 Å². The van der Waals surface area contributed by atoms with Crippen molar-refractivity contribution in [1.82, 2.24) is 5.32 Å². The predicted molar refractivity (Wildman–Crippen MR) is 67.3 cm³/mol. The Labute approximate surface area is 105 Å². The standard InChI is InChI=1S/C11H15ClN2O3/c1-16-9-5-3-4-8(10(9)17-2)14-11(15)13-7-6-12/h3-5H,6-7H2,1-2H3,(H2,13,14,15). The Balaban J connectivity index is 2.79. The molecule has 2 N–H and O–H groups in total. The minimum absolute atomic E-state index is 0.336. The summed E-state index contributed by atoms with van der Waals surface area (Å²) in [4.78, 5) is 11.5. The highest BCUT2D eigenvalue weighted by Crippen LogP contribution is 2.34. The summed E-state index contributed by atoms with van der Waals surface area (Å²) in [6.45, 7) is 0.402. The van der Waals surface area contributed by atoms with Gasteiger partial charge in [0.05, 0.1) is 19.9 Å². The predicted octanol–water partition coefficient (Wildman–Crippen LogP) is 2.06. The van der Waals surface area contributed by atoms with Crippen LogP contribution >= 0.6 is 11.6 Å². The second-order valence-corrected chi connectivity index (χ2v) is 3.49. The van der Waals surface area contributed by atoms with Gasteiger partial charge >= 0.3 is 6.03 Å². The molecule has 0 bridgehead atoms. The number of hydrogen-bond acceptors (Lipinski definition) is 3. The molecule has 0 unspecified atom stereocenters. The summed E-state index contributed by atoms with van der Waals surface area (Å²) in [7, 11) is 3.05. The molecule has 0 saturated heterocycles. The summed E-state index contributed by atoms with van der Waals surface area (Å²) in [6.07, 6.45) is 0. The van der Waals surface area contributed by atoms with Gasteiger partial charge in [0, 0.05) is 12.4 Å². The number of amides is 2. The lowest BCUT2D eigenvalue weighted by molar-refractivity contribution is 0.252. The molecule has 0 atom stereocenters. The van der Waals surface area contributed by atoms with Crippen molar-refractivity contribution in [2.45, 2.75) is 0 Å². The van der Waals surface area contributed by atoms with E-state index in [0.29, 0.717) is 29.6 Å². The van der Waals surface area contributed by atoms with E-state index in [4.69, 9.17) is 21.1 Å². The van der Waals surface area contributed by atoms with Crippen LogP contribution in [-0.4, -0.2) is 32.7 Å². The Morgan fingerprint density at radius 1 is 1.35 bits per heavy atom. The summed E-state index contributed by atoms with van der Waals surface area (Å²) >= 11 is 5.47. The minimum atomic E-state index is -0.336. The summed E-state index contributed by atoms with van der Waals surface area (Å²) in [5, 5.41) is 5.25. The van der Waals surface area contributed by atoms with E-state index >= 15 is 0 Å². The molecule has 0 heterocycles. The average Bonchev–Trinajstić information content (AvgIpc) is 2.35. The van der Waals surface area contributed by atoms with Crippen LogP contribution < -0.4 is 20.1 Å². The van der Waals surface area contributed by atoms with Gasteiger partial charge in [-0.25, -0.2) is 4.79 Å². The molecule has 2 amide bonds. The number of carbonyl (C=O) groups excluding carboxylic acids is 1. The fourth-order valence-electron chi connectivity index (χ4n) is 1.31. The number of carbonyl (C=O) groups is 1. The third kappa shape index (κ3) is 3.71. The molecule has 6 heteroatoms. The number of methoxy groups -OCH3 is 2. The van der Waals surface area contributed by atoms with Crippen LogP contribution in [0.4, 0.5) is 10.5 Å². The number of urea groups is 1. The van der Waals surface area contributed by atoms with Crippen LogP contribution in [0.2, 0.25) is 0 Å². The molecule has 1 rings (SSSR count). The molecule has 0 fully saturated rings. The topological polar surface area (TPSA) is 59.6 Å². The number of anilines is 1. The molecule has 0 spiro atoms. The third-order valence-corrected chi connectivity index (χ3v) is 2.22. The highest BCUT2D eigenvalue weighted by molar-refractivity contribution is 6.18. The second kappa shape index (κ2) is 6.85. The molecule has 0 aliphatic rings. The molecular formula is C11H15ClN2O3. The van der Waals surface area contributed by atoms with Crippen molar-refractivity contribution in [3.63, 3.8) is 0 Å². The van der Waals surface area contributed by atoms with Crippen LogP contribution in [0.5, 0.6) is 11.5 Å². The van der Waals surface area contributed by atoms with Gasteiger partial charge in [-0.1, -0.05) is 6.07 Å². The molecule has 1 aromatic carbocycles. The summed E-state index contributed by atoms with van der Waals surface area (Å²) < 4.78 is 10.3. The van der Waals surface area contributed by atoms with Gasteiger partial charge in [-0.2, -0.15) is 0 Å². The van der Waals surface area contributed by atoms with Gasteiger partial charge in [-0.05, 0) is 12.1 Å². The zero-order valence-corrected chi connectivity index (χ0v) is 10.5. The summed E-state index contributed by atoms with van der Waals surface area (Å²) in [5.41, 5.74) is 0.541. The molecule has 17 heavy (non-hydrogen) atoms. The molecular weight excluding hydrogens is 244 g/mol. The number of benzene rings is 1. The van der Waals surface area contributed by atoms with Crippen molar-refractivity contribution in [1.29, 1.82) is 0 Å². The maximum Gasteiger partial charge on any atom is 0.319 e. The van der Waals surface area contributed by atoms with Crippen molar-refractivity contribution in [2.24, 2.45) is 0 Å². The maximum atomic E-state index is 11.5. The van der Waals surface area contributed by atoms with E-state index in [-0.39, 0.29) is 6.03 Å². The number of rotatable bonds is 5. The highest BCUT2D eigenvalue weighted by atomic mass is 35.5. The number of halogens is 1. The zero-order valence-electron chi connectivity index (χ0n) is 9.75. The molecule has 94 valence electrons. The van der Waals surface area contributed by atoms with E-state index in [1.54, 1.807) is 18.2 Å². The van der Waals surface area contributed by atoms with Gasteiger partial charge in [0.25, 0.3) is 0 Å². The molecule has 0 aliphatic carbocycles. The Morgan fingerprint density at radius 2 is 2.12 bits per heavy atom. The largest absolute Gasteiger partial charge is 0.493 e. The van der Waals surface area contributed by atoms with E-state index in [1.807, 2.05) is 0 Å². The SMILES string of the molecule is COc1cccc(NC(=O)NCCCl)c1OC. The van der Waals surface area contributed by atoms with E-state index in [1.165, 1.54) is 14.2 Å². The van der Waals surface area contributed by atoms with E-state index in [2.05, 4.69) is 10.6 Å². The highest BCUT2D eigenvalue weighted by Gasteiger charge is 2.11. The fourth-order valence-corrected chi connectivity index (χ4v) is 1.41. The third-order valence-electron chi connectivity index (χ3n) is 2.03. The Hall–Kier alpha value is -1.62. The van der Waals surface area contributed by atoms with Crippen LogP contribution in [0.25, 0.3) is 0 Å². The van der Waals surface area contributed by atoms with Crippen molar-refractivity contribution >= 4 is 23.3 Å². The first-order valence-electron chi connectivity index (χ1n) is 5.04. The number of para-hydroxylation sites is 1. The first kappa shape index (κ1) is 13.4. The Kier molecular flexibility index (Phi) is 5.42. The molecule has 0 saturated carbocycles. The van der Waals surface area contributed by atoms with E-state index < -0.39 is 0 Å². The van der Waals surface area contributed by atoms with Crippen LogP contribution in [0.3, 0.4) is 0 Å². The number of hydrogen-bond donors (Lipinski definition) is 2. The molecule has 0 aromatic heterocycles. The number of alkyl halides is 1. The van der Waals surface area contributed by atoms with Gasteiger partial charge in [0.15, 0.2) is 11.5 Å². The first-order valence-corrected chi connectivity index (χ1v) is 5.58. The normalized spacial score (nSPS) is 9.59. The lowest BCUT2D eigenvalue weighted by Gasteiger charge is -2.13. The minimum Gasteiger partial charge on any atom is -0.493 e. The zero-order chi connectivity index (χ0) is 12.7. The van der Waals surface area contributed by atoms with Gasteiger partial charge in [0.1, 0.15) is 0 Å². The van der Waals surface area contributed by atoms with Gasteiger partial charge in [-0.3, -0.25) is 0 Å². The van der Waals surface area contributed by atoms with Gasteiger partial charge in [-0.15, -0.1) is 11.6 Å². The van der Waals surface area contributed by atoms with E-state index in [0.717, 1.165) is 0 Å². The molecule has 1 aromatic rings. The Bertz CT molecular complexity index is 385. The van der Waals surface area contributed by atoms with Crippen molar-refractivity contribution in [2.75, 3.05) is 32.0 Å². The monoisotopic (exact) mass is 258 g/mol. The van der Waals surface area contributed by atoms with Gasteiger partial charge < -0.3 is 20.1 Å². The summed E-state index contributed by atoms with van der Waals surface area (Å²) in [5.74, 6) is 1.40. The maximum absolute atomic E-state index is 11.5. The molecule has 5 nitrogen and oxygen atoms in total. The second-order valence-electron chi connectivity index (χ2n) is 3.11. The first-order chi connectivity index (χ1) is 8.22. The number of ether oxygens (including phenoxy) is 2. The lowest BCUT2D eigenvalue weighted by Crippen LogP contribution is -2.30. The Morgan fingerprint density at radius 3 is 2.71 bits per heavy atom. The average molecular weight is 259 g/mol. The summed E-state index contributed by atoms with van der Waals surface area (Å²) in [6, 6.07) is 4.90.